The number of hydrogen-bond acceptors (Lipinski definition) is 8. The highest BCUT2D eigenvalue weighted by molar-refractivity contribution is 5.94. The molecule has 0 unspecified atom stereocenters. The van der Waals surface area contributed by atoms with Crippen LogP contribution in [0.15, 0.2) is 35.3 Å². The number of nitrogens with one attached hydrogen (secondary N) is 2. The van der Waals surface area contributed by atoms with E-state index in [0.29, 0.717) is 41.9 Å². The number of amides is 1. The molecule has 1 amide bonds. The van der Waals surface area contributed by atoms with Gasteiger partial charge >= 0.3 is 0 Å². The zero-order valence-corrected chi connectivity index (χ0v) is 18.2. The van der Waals surface area contributed by atoms with Crippen molar-refractivity contribution in [3.8, 4) is 0 Å². The molecule has 10 heteroatoms. The Morgan fingerprint density at radius 1 is 1.19 bits per heavy atom. The Balaban J connectivity index is 1.56. The van der Waals surface area contributed by atoms with Crippen molar-refractivity contribution in [1.29, 1.82) is 0 Å². The molecule has 10 nitrogen and oxygen atoms in total. The number of benzene rings is 1. The van der Waals surface area contributed by atoms with E-state index in [2.05, 4.69) is 32.6 Å². The molecule has 168 valence electrons. The molecule has 3 heterocycles. The van der Waals surface area contributed by atoms with Gasteiger partial charge in [-0.05, 0) is 24.1 Å². The number of anilines is 2. The first-order valence-electron chi connectivity index (χ1n) is 10.9. The lowest BCUT2D eigenvalue weighted by molar-refractivity contribution is 0.0736. The number of unbranched alkanes of at least 4 members (excludes halogenated alkanes) is 1. The summed E-state index contributed by atoms with van der Waals surface area (Å²) in [6, 6.07) is 7.31. The lowest BCUT2D eigenvalue weighted by Crippen LogP contribution is -2.46. The molecule has 0 bridgehead atoms. The molecule has 0 atom stereocenters. The Morgan fingerprint density at radius 3 is 2.66 bits per heavy atom. The van der Waals surface area contributed by atoms with Gasteiger partial charge in [-0.2, -0.15) is 10.1 Å². The normalized spacial score (nSPS) is 14.0. The van der Waals surface area contributed by atoms with Crippen molar-refractivity contribution in [2.75, 3.05) is 43.8 Å². The highest BCUT2D eigenvalue weighted by atomic mass is 16.2. The average molecular weight is 437 g/mol. The largest absolute Gasteiger partial charge is 0.369 e. The summed E-state index contributed by atoms with van der Waals surface area (Å²) in [5.74, 6) is 0.552. The van der Waals surface area contributed by atoms with Gasteiger partial charge in [0.15, 0.2) is 0 Å². The summed E-state index contributed by atoms with van der Waals surface area (Å²) in [6.45, 7) is 6.09. The Labute approximate surface area is 185 Å². The number of nitrogens with zero attached hydrogens (tertiary/aromatic N) is 5. The molecular weight excluding hydrogens is 408 g/mol. The third-order valence-electron chi connectivity index (χ3n) is 5.48. The Bertz CT molecular complexity index is 1150. The van der Waals surface area contributed by atoms with Gasteiger partial charge in [0.05, 0.1) is 12.7 Å². The predicted octanol–water partition coefficient (Wildman–Crippen LogP) is 1.07. The standard InChI is InChI=1S/C22H28N8O2/c1-2-3-8-25-19-18-17(27-22(23)28-19)13-26-30(21(18)32)14-15-4-6-16(7-5-15)20(31)29-11-9-24-10-12-29/h4-7,13,24H,2-3,8-12,14H2,1H3,(H3,23,25,27,28). The SMILES string of the molecule is CCCCNc1nc(N)nc2cnn(Cc3ccc(C(=O)N4CCNCC4)cc3)c(=O)c12. The van der Waals surface area contributed by atoms with Crippen molar-refractivity contribution >= 4 is 28.6 Å². The van der Waals surface area contributed by atoms with E-state index in [4.69, 9.17) is 5.73 Å². The number of nitrogen functional groups attached to an aromatic ring is 1. The first kappa shape index (κ1) is 21.7. The Morgan fingerprint density at radius 2 is 1.94 bits per heavy atom. The fraction of sp³-hybridized carbons (Fsp3) is 0.409. The number of carbonyl (C=O) groups excluding carboxylic acids is 1. The van der Waals surface area contributed by atoms with E-state index in [-0.39, 0.29) is 24.0 Å². The smallest absolute Gasteiger partial charge is 0.280 e. The van der Waals surface area contributed by atoms with Crippen LogP contribution in [0.4, 0.5) is 11.8 Å². The number of fused-ring (bicyclic) bond motifs is 1. The van der Waals surface area contributed by atoms with Gasteiger partial charge in [0.25, 0.3) is 11.5 Å². The molecule has 1 aliphatic heterocycles. The molecule has 0 aliphatic carbocycles. The second kappa shape index (κ2) is 9.73. The van der Waals surface area contributed by atoms with E-state index < -0.39 is 0 Å². The topological polar surface area (TPSA) is 131 Å². The maximum absolute atomic E-state index is 13.2. The summed E-state index contributed by atoms with van der Waals surface area (Å²) < 4.78 is 1.38. The molecule has 3 aromatic rings. The predicted molar refractivity (Wildman–Crippen MR) is 124 cm³/mol. The summed E-state index contributed by atoms with van der Waals surface area (Å²) in [5, 5.41) is 11.1. The number of piperazine rings is 1. The first-order valence-corrected chi connectivity index (χ1v) is 10.9. The van der Waals surface area contributed by atoms with Gasteiger partial charge < -0.3 is 21.3 Å². The van der Waals surface area contributed by atoms with E-state index in [0.717, 1.165) is 31.5 Å². The fourth-order valence-electron chi connectivity index (χ4n) is 3.71. The molecule has 0 radical (unpaired) electrons. The van der Waals surface area contributed by atoms with Gasteiger partial charge in [-0.15, -0.1) is 0 Å². The summed E-state index contributed by atoms with van der Waals surface area (Å²) in [5.41, 5.74) is 7.43. The van der Waals surface area contributed by atoms with Gasteiger partial charge in [0, 0.05) is 38.3 Å². The molecular formula is C22H28N8O2. The molecule has 2 aromatic heterocycles. The molecule has 32 heavy (non-hydrogen) atoms. The van der Waals surface area contributed by atoms with Crippen LogP contribution in [-0.4, -0.2) is 63.3 Å². The van der Waals surface area contributed by atoms with Crippen molar-refractivity contribution < 1.29 is 4.79 Å². The number of rotatable bonds is 7. The number of nitrogens with two attached hydrogens (primary N) is 1. The minimum absolute atomic E-state index is 0.0246. The number of hydrogen-bond donors (Lipinski definition) is 3. The maximum Gasteiger partial charge on any atom is 0.280 e. The molecule has 1 aromatic carbocycles. The van der Waals surface area contributed by atoms with E-state index in [1.54, 1.807) is 12.1 Å². The summed E-state index contributed by atoms with van der Waals surface area (Å²) >= 11 is 0. The highest BCUT2D eigenvalue weighted by Crippen LogP contribution is 2.17. The van der Waals surface area contributed by atoms with Crippen LogP contribution in [0.25, 0.3) is 10.9 Å². The molecule has 4 N–H and O–H groups in total. The van der Waals surface area contributed by atoms with Gasteiger partial charge in [-0.25, -0.2) is 9.67 Å². The van der Waals surface area contributed by atoms with Crippen LogP contribution >= 0.6 is 0 Å². The van der Waals surface area contributed by atoms with E-state index in [1.165, 1.54) is 10.9 Å². The highest BCUT2D eigenvalue weighted by Gasteiger charge is 2.18. The van der Waals surface area contributed by atoms with Gasteiger partial charge in [-0.3, -0.25) is 9.59 Å². The van der Waals surface area contributed by atoms with Crippen LogP contribution in [0.2, 0.25) is 0 Å². The summed E-state index contributed by atoms with van der Waals surface area (Å²) in [4.78, 5) is 36.0. The lowest BCUT2D eigenvalue weighted by atomic mass is 10.1. The second-order valence-corrected chi connectivity index (χ2v) is 7.82. The van der Waals surface area contributed by atoms with Gasteiger partial charge in [0.2, 0.25) is 5.95 Å². The molecule has 1 fully saturated rings. The number of aromatic nitrogens is 4. The van der Waals surface area contributed by atoms with Crippen molar-refractivity contribution in [2.24, 2.45) is 0 Å². The van der Waals surface area contributed by atoms with Gasteiger partial charge in [-0.1, -0.05) is 25.5 Å². The van der Waals surface area contributed by atoms with Crippen LogP contribution in [0.5, 0.6) is 0 Å². The lowest BCUT2D eigenvalue weighted by Gasteiger charge is -2.27. The van der Waals surface area contributed by atoms with Crippen LogP contribution in [-0.2, 0) is 6.54 Å². The minimum Gasteiger partial charge on any atom is -0.369 e. The zero-order chi connectivity index (χ0) is 22.5. The maximum atomic E-state index is 13.2. The van der Waals surface area contributed by atoms with Crippen LogP contribution < -0.4 is 21.9 Å². The van der Waals surface area contributed by atoms with Crippen molar-refractivity contribution in [3.63, 3.8) is 0 Å². The van der Waals surface area contributed by atoms with Gasteiger partial charge in [0.1, 0.15) is 16.7 Å². The minimum atomic E-state index is -0.289. The van der Waals surface area contributed by atoms with E-state index in [1.807, 2.05) is 17.0 Å². The van der Waals surface area contributed by atoms with Crippen LogP contribution in [0.3, 0.4) is 0 Å². The second-order valence-electron chi connectivity index (χ2n) is 7.82. The fourth-order valence-corrected chi connectivity index (χ4v) is 3.71. The molecule has 0 saturated carbocycles. The average Bonchev–Trinajstić information content (AvgIpc) is 2.81. The zero-order valence-electron chi connectivity index (χ0n) is 18.2. The van der Waals surface area contributed by atoms with Crippen molar-refractivity contribution in [1.82, 2.24) is 30.0 Å². The van der Waals surface area contributed by atoms with E-state index >= 15 is 0 Å². The Hall–Kier alpha value is -3.53. The van der Waals surface area contributed by atoms with E-state index in [9.17, 15) is 9.59 Å². The molecule has 0 spiro atoms. The monoisotopic (exact) mass is 436 g/mol. The summed E-state index contributed by atoms with van der Waals surface area (Å²) in [6.07, 6.45) is 3.50. The summed E-state index contributed by atoms with van der Waals surface area (Å²) in [7, 11) is 0. The third-order valence-corrected chi connectivity index (χ3v) is 5.48. The molecule has 1 aliphatic rings. The van der Waals surface area contributed by atoms with Crippen molar-refractivity contribution in [3.05, 3.63) is 51.9 Å². The van der Waals surface area contributed by atoms with Crippen molar-refractivity contribution in [2.45, 2.75) is 26.3 Å². The Kier molecular flexibility index (Phi) is 6.60. The van der Waals surface area contributed by atoms with Crippen LogP contribution in [0.1, 0.15) is 35.7 Å². The first-order chi connectivity index (χ1) is 15.6. The quantitative estimate of drug-likeness (QED) is 0.469. The van der Waals surface area contributed by atoms with Crippen LogP contribution in [0, 0.1) is 0 Å². The molecule has 4 rings (SSSR count). The third kappa shape index (κ3) is 4.70. The molecule has 1 saturated heterocycles. The number of carbonyl (C=O) groups is 1.